The van der Waals surface area contributed by atoms with E-state index in [1.807, 2.05) is 11.8 Å². The van der Waals surface area contributed by atoms with E-state index >= 15 is 0 Å². The van der Waals surface area contributed by atoms with E-state index in [1.54, 1.807) is 20.0 Å². The lowest BCUT2D eigenvalue weighted by Gasteiger charge is -2.40. The molecule has 2 aromatic rings. The van der Waals surface area contributed by atoms with Crippen molar-refractivity contribution < 1.29 is 4.79 Å². The molecule has 26 heavy (non-hydrogen) atoms. The number of amides is 1. The Kier molecular flexibility index (Phi) is 3.95. The normalized spacial score (nSPS) is 21.3. The number of rotatable bonds is 2. The summed E-state index contributed by atoms with van der Waals surface area (Å²) in [6, 6.07) is 2.40. The number of piperazine rings is 1. The van der Waals surface area contributed by atoms with Crippen molar-refractivity contribution in [2.24, 2.45) is 7.05 Å². The van der Waals surface area contributed by atoms with Gasteiger partial charge in [-0.1, -0.05) is 0 Å². The Labute approximate surface area is 150 Å². The molecule has 1 saturated carbocycles. The average Bonchev–Trinajstić information content (AvgIpc) is 3.43. The van der Waals surface area contributed by atoms with Gasteiger partial charge in [-0.15, -0.1) is 0 Å². The van der Waals surface area contributed by atoms with Gasteiger partial charge in [0.2, 0.25) is 0 Å². The minimum absolute atomic E-state index is 0.0759. The first-order valence-electron chi connectivity index (χ1n) is 9.02. The molecule has 3 heterocycles. The van der Waals surface area contributed by atoms with Gasteiger partial charge in [0.25, 0.3) is 11.5 Å². The first kappa shape index (κ1) is 17.0. The van der Waals surface area contributed by atoms with Gasteiger partial charge in [0.1, 0.15) is 5.65 Å². The molecule has 1 aliphatic carbocycles. The van der Waals surface area contributed by atoms with Crippen LogP contribution < -0.4 is 11.2 Å². The zero-order chi connectivity index (χ0) is 18.6. The SMILES string of the molecule is Cc1cc(C(=O)N2CCN(C3CC3)CC2C)c2c(=O)[nH]c(=O)n(C)c2n1. The first-order valence-corrected chi connectivity index (χ1v) is 9.02. The molecule has 138 valence electrons. The number of nitrogens with zero attached hydrogens (tertiary/aromatic N) is 4. The predicted octanol–water partition coefficient (Wildman–Crippen LogP) is 0.239. The maximum atomic E-state index is 13.3. The molecule has 8 heteroatoms. The average molecular weight is 357 g/mol. The number of fused-ring (bicyclic) bond motifs is 1. The van der Waals surface area contributed by atoms with Crippen LogP contribution in [0.1, 0.15) is 35.8 Å². The van der Waals surface area contributed by atoms with Crippen molar-refractivity contribution in [2.75, 3.05) is 19.6 Å². The van der Waals surface area contributed by atoms with Crippen LogP contribution in [0.4, 0.5) is 0 Å². The lowest BCUT2D eigenvalue weighted by molar-refractivity contribution is 0.0475. The molecule has 1 aliphatic heterocycles. The monoisotopic (exact) mass is 357 g/mol. The zero-order valence-electron chi connectivity index (χ0n) is 15.3. The molecule has 0 bridgehead atoms. The number of aromatic nitrogens is 3. The van der Waals surface area contributed by atoms with Crippen molar-refractivity contribution in [3.05, 3.63) is 38.2 Å². The maximum absolute atomic E-state index is 13.3. The van der Waals surface area contributed by atoms with Crippen molar-refractivity contribution in [3.63, 3.8) is 0 Å². The van der Waals surface area contributed by atoms with Gasteiger partial charge in [-0.25, -0.2) is 9.78 Å². The summed E-state index contributed by atoms with van der Waals surface area (Å²) in [7, 11) is 1.54. The van der Waals surface area contributed by atoms with Gasteiger partial charge in [-0.2, -0.15) is 0 Å². The summed E-state index contributed by atoms with van der Waals surface area (Å²) in [6.07, 6.45) is 2.50. The summed E-state index contributed by atoms with van der Waals surface area (Å²) < 4.78 is 1.27. The van der Waals surface area contributed by atoms with Gasteiger partial charge in [0.15, 0.2) is 0 Å². The second-order valence-electron chi connectivity index (χ2n) is 7.40. The van der Waals surface area contributed by atoms with Gasteiger partial charge in [-0.3, -0.25) is 24.0 Å². The quantitative estimate of drug-likeness (QED) is 0.831. The highest BCUT2D eigenvalue weighted by atomic mass is 16.2. The summed E-state index contributed by atoms with van der Waals surface area (Å²) in [5.74, 6) is -0.174. The molecule has 1 atom stereocenters. The molecular formula is C18H23N5O3. The lowest BCUT2D eigenvalue weighted by atomic mass is 10.1. The van der Waals surface area contributed by atoms with E-state index in [1.165, 1.54) is 17.4 Å². The van der Waals surface area contributed by atoms with Crippen molar-refractivity contribution >= 4 is 16.9 Å². The Hall–Kier alpha value is -2.48. The molecule has 1 amide bonds. The molecule has 0 aromatic carbocycles. The Morgan fingerprint density at radius 2 is 2.00 bits per heavy atom. The summed E-state index contributed by atoms with van der Waals surface area (Å²) in [6.45, 7) is 6.16. The van der Waals surface area contributed by atoms with Gasteiger partial charge >= 0.3 is 5.69 Å². The van der Waals surface area contributed by atoms with E-state index in [0.717, 1.165) is 13.1 Å². The Morgan fingerprint density at radius 3 is 2.65 bits per heavy atom. The number of aromatic amines is 1. The Balaban J connectivity index is 1.76. The van der Waals surface area contributed by atoms with Crippen LogP contribution in [0.25, 0.3) is 11.0 Å². The first-order chi connectivity index (χ1) is 12.4. The van der Waals surface area contributed by atoms with Crippen LogP contribution in [0.15, 0.2) is 15.7 Å². The predicted molar refractivity (Wildman–Crippen MR) is 97.4 cm³/mol. The molecule has 2 fully saturated rings. The third kappa shape index (κ3) is 2.74. The summed E-state index contributed by atoms with van der Waals surface area (Å²) in [5.41, 5.74) is 0.0572. The van der Waals surface area contributed by atoms with Crippen molar-refractivity contribution in [2.45, 2.75) is 38.8 Å². The van der Waals surface area contributed by atoms with E-state index in [-0.39, 0.29) is 23.0 Å². The third-order valence-corrected chi connectivity index (χ3v) is 5.41. The molecule has 2 aromatic heterocycles. The van der Waals surface area contributed by atoms with Gasteiger partial charge in [-0.05, 0) is 32.8 Å². The Morgan fingerprint density at radius 1 is 1.27 bits per heavy atom. The van der Waals surface area contributed by atoms with Gasteiger partial charge in [0, 0.05) is 44.5 Å². The fourth-order valence-electron chi connectivity index (χ4n) is 3.85. The van der Waals surface area contributed by atoms with Crippen LogP contribution in [0, 0.1) is 6.92 Å². The minimum Gasteiger partial charge on any atom is -0.333 e. The number of carbonyl (C=O) groups excluding carboxylic acids is 1. The van der Waals surface area contributed by atoms with Crippen molar-refractivity contribution in [3.8, 4) is 0 Å². The van der Waals surface area contributed by atoms with Gasteiger partial charge < -0.3 is 4.90 Å². The van der Waals surface area contributed by atoms with Crippen LogP contribution >= 0.6 is 0 Å². The molecule has 1 saturated heterocycles. The van der Waals surface area contributed by atoms with E-state index in [0.29, 0.717) is 23.8 Å². The number of nitrogens with one attached hydrogen (secondary N) is 1. The second-order valence-corrected chi connectivity index (χ2v) is 7.40. The Bertz CT molecular complexity index is 1000. The number of hydrogen-bond acceptors (Lipinski definition) is 5. The third-order valence-electron chi connectivity index (χ3n) is 5.41. The van der Waals surface area contributed by atoms with E-state index < -0.39 is 11.2 Å². The van der Waals surface area contributed by atoms with Crippen LogP contribution in [0.3, 0.4) is 0 Å². The van der Waals surface area contributed by atoms with Crippen LogP contribution in [-0.2, 0) is 7.05 Å². The fraction of sp³-hybridized carbons (Fsp3) is 0.556. The number of aryl methyl sites for hydroxylation is 2. The fourth-order valence-corrected chi connectivity index (χ4v) is 3.85. The maximum Gasteiger partial charge on any atom is 0.329 e. The molecule has 2 aliphatic rings. The summed E-state index contributed by atoms with van der Waals surface area (Å²) >= 11 is 0. The minimum atomic E-state index is -0.566. The highest BCUT2D eigenvalue weighted by molar-refractivity contribution is 6.05. The number of H-pyrrole nitrogens is 1. The van der Waals surface area contributed by atoms with Crippen LogP contribution in [-0.4, -0.2) is 62.0 Å². The molecule has 0 radical (unpaired) electrons. The summed E-state index contributed by atoms with van der Waals surface area (Å²) in [5, 5.41) is 0.180. The number of hydrogen-bond donors (Lipinski definition) is 1. The lowest BCUT2D eigenvalue weighted by Crippen LogP contribution is -2.54. The standard InChI is InChI=1S/C18H23N5O3/c1-10-8-13(14-15(19-10)21(3)18(26)20-16(14)24)17(25)23-7-6-22(9-11(23)2)12-4-5-12/h8,11-12H,4-7,9H2,1-3H3,(H,20,24,26). The van der Waals surface area contributed by atoms with Crippen LogP contribution in [0.5, 0.6) is 0 Å². The molecule has 4 rings (SSSR count). The number of carbonyl (C=O) groups is 1. The topological polar surface area (TPSA) is 91.3 Å². The van der Waals surface area contributed by atoms with Gasteiger partial charge in [0.05, 0.1) is 10.9 Å². The molecule has 1 N–H and O–H groups in total. The zero-order valence-corrected chi connectivity index (χ0v) is 15.3. The number of pyridine rings is 1. The van der Waals surface area contributed by atoms with E-state index in [2.05, 4.69) is 14.9 Å². The smallest absolute Gasteiger partial charge is 0.329 e. The van der Waals surface area contributed by atoms with Crippen LogP contribution in [0.2, 0.25) is 0 Å². The highest BCUT2D eigenvalue weighted by Gasteiger charge is 2.36. The van der Waals surface area contributed by atoms with Crippen molar-refractivity contribution in [1.82, 2.24) is 24.3 Å². The largest absolute Gasteiger partial charge is 0.333 e. The van der Waals surface area contributed by atoms with E-state index in [9.17, 15) is 14.4 Å². The molecular weight excluding hydrogens is 334 g/mol. The second kappa shape index (κ2) is 6.05. The molecule has 0 spiro atoms. The highest BCUT2D eigenvalue weighted by Crippen LogP contribution is 2.29. The van der Waals surface area contributed by atoms with E-state index in [4.69, 9.17) is 0 Å². The summed E-state index contributed by atoms with van der Waals surface area (Å²) in [4.78, 5) is 48.4. The molecule has 1 unspecified atom stereocenters. The molecule has 8 nitrogen and oxygen atoms in total. The van der Waals surface area contributed by atoms with Crippen molar-refractivity contribution in [1.29, 1.82) is 0 Å².